The molecule has 3 aromatic carbocycles. The topological polar surface area (TPSA) is 99.1 Å². The van der Waals surface area contributed by atoms with Crippen molar-refractivity contribution in [2.45, 2.75) is 81.6 Å². The molecule has 0 radical (unpaired) electrons. The van der Waals surface area contributed by atoms with Crippen molar-refractivity contribution in [1.82, 2.24) is 15.2 Å². The van der Waals surface area contributed by atoms with Crippen molar-refractivity contribution >= 4 is 17.5 Å². The van der Waals surface area contributed by atoms with Gasteiger partial charge in [0.15, 0.2) is 10.9 Å². The first-order chi connectivity index (χ1) is 21.3. The molecule has 7 rings (SSSR count). The molecule has 0 saturated heterocycles. The molecule has 6 nitrogen and oxygen atoms in total. The van der Waals surface area contributed by atoms with Gasteiger partial charge >= 0.3 is 0 Å². The van der Waals surface area contributed by atoms with Gasteiger partial charge in [0.2, 0.25) is 0 Å². The highest BCUT2D eigenvalue weighted by atomic mass is 32.2. The molecule has 1 fully saturated rings. The summed E-state index contributed by atoms with van der Waals surface area (Å²) in [7, 11) is 0. The Morgan fingerprint density at radius 3 is 2.55 bits per heavy atom. The van der Waals surface area contributed by atoms with Crippen LogP contribution in [0.3, 0.4) is 0 Å². The Balaban J connectivity index is 1.40. The minimum Gasteiger partial charge on any atom is -0.393 e. The van der Waals surface area contributed by atoms with Crippen molar-refractivity contribution in [3.05, 3.63) is 113 Å². The summed E-state index contributed by atoms with van der Waals surface area (Å²) in [5, 5.41) is 30.8. The number of hydrogen-bond acceptors (Lipinski definition) is 6. The zero-order valence-corrected chi connectivity index (χ0v) is 26.3. The lowest BCUT2D eigenvalue weighted by molar-refractivity contribution is -0.0422. The lowest BCUT2D eigenvalue weighted by Crippen LogP contribution is -2.46. The Morgan fingerprint density at radius 2 is 1.80 bits per heavy atom. The lowest BCUT2D eigenvalue weighted by Gasteiger charge is -2.44. The molecule has 4 unspecified atom stereocenters. The summed E-state index contributed by atoms with van der Waals surface area (Å²) in [6.07, 6.45) is 8.31. The number of H-pyrrole nitrogens is 1. The molecule has 4 atom stereocenters. The molecule has 4 aromatic rings. The van der Waals surface area contributed by atoms with E-state index >= 15 is 0 Å². The first kappa shape index (κ1) is 30.5. The van der Waals surface area contributed by atoms with Crippen molar-refractivity contribution in [2.24, 2.45) is 5.41 Å². The number of ketones is 1. The molecule has 1 heterocycles. The first-order valence-corrected chi connectivity index (χ1v) is 16.6. The summed E-state index contributed by atoms with van der Waals surface area (Å²) in [5.74, 6) is 0.459. The van der Waals surface area contributed by atoms with Crippen molar-refractivity contribution in [3.63, 3.8) is 0 Å². The van der Waals surface area contributed by atoms with E-state index in [0.717, 1.165) is 47.9 Å². The summed E-state index contributed by atoms with van der Waals surface area (Å²) in [6.45, 7) is 4.34. The van der Waals surface area contributed by atoms with E-state index in [1.165, 1.54) is 23.7 Å². The average Bonchev–Trinajstić information content (AvgIpc) is 3.65. The Morgan fingerprint density at radius 1 is 1.02 bits per heavy atom. The van der Waals surface area contributed by atoms with Crippen molar-refractivity contribution in [2.75, 3.05) is 5.75 Å². The van der Waals surface area contributed by atoms with Gasteiger partial charge in [-0.2, -0.15) is 5.10 Å². The van der Waals surface area contributed by atoms with Crippen LogP contribution in [0.25, 0.3) is 11.1 Å². The third-order valence-corrected chi connectivity index (χ3v) is 11.1. The van der Waals surface area contributed by atoms with E-state index in [-0.39, 0.29) is 11.7 Å². The van der Waals surface area contributed by atoms with E-state index in [1.54, 1.807) is 0 Å². The van der Waals surface area contributed by atoms with Crippen LogP contribution in [0.15, 0.2) is 95.9 Å². The molecule has 228 valence electrons. The molecule has 3 aliphatic carbocycles. The van der Waals surface area contributed by atoms with Crippen LogP contribution in [0.5, 0.6) is 0 Å². The molecule has 0 amide bonds. The number of benzene rings is 3. The molecule has 3 aliphatic rings. The maximum atomic E-state index is 14.3. The largest absolute Gasteiger partial charge is 0.393 e. The highest BCUT2D eigenvalue weighted by Crippen LogP contribution is 2.59. The van der Waals surface area contributed by atoms with Crippen LogP contribution in [0.1, 0.15) is 85.3 Å². The van der Waals surface area contributed by atoms with Crippen LogP contribution >= 0.6 is 11.8 Å². The third-order valence-electron chi connectivity index (χ3n) is 10.0. The second kappa shape index (κ2) is 12.8. The maximum Gasteiger partial charge on any atom is 0.193 e. The first-order valence-electron chi connectivity index (χ1n) is 15.6. The number of thioether (sulfide) groups is 1. The Labute approximate surface area is 264 Å². The Bertz CT molecular complexity index is 1620. The number of carbonyl (C=O) groups excluding carboxylic acids is 1. The van der Waals surface area contributed by atoms with Crippen molar-refractivity contribution < 1.29 is 15.0 Å². The van der Waals surface area contributed by atoms with Crippen molar-refractivity contribution in [1.29, 1.82) is 0 Å². The molecular weight excluding hydrogens is 566 g/mol. The molecule has 1 aromatic heterocycles. The van der Waals surface area contributed by atoms with Crippen LogP contribution in [0.2, 0.25) is 0 Å². The highest BCUT2D eigenvalue weighted by molar-refractivity contribution is 7.99. The van der Waals surface area contributed by atoms with Gasteiger partial charge in [0, 0.05) is 22.3 Å². The predicted octanol–water partition coefficient (Wildman–Crippen LogP) is 7.53. The second-order valence-corrected chi connectivity index (χ2v) is 13.8. The second-order valence-electron chi connectivity index (χ2n) is 12.8. The van der Waals surface area contributed by atoms with E-state index in [4.69, 9.17) is 0 Å². The van der Waals surface area contributed by atoms with Gasteiger partial charge in [-0.3, -0.25) is 9.89 Å². The normalized spacial score (nSPS) is 25.7. The number of carbonyl (C=O) groups is 1. The van der Waals surface area contributed by atoms with E-state index in [0.29, 0.717) is 41.3 Å². The monoisotopic (exact) mass is 607 g/mol. The minimum atomic E-state index is -0.958. The number of rotatable bonds is 6. The third kappa shape index (κ3) is 6.19. The van der Waals surface area contributed by atoms with Gasteiger partial charge in [-0.05, 0) is 86.1 Å². The SMILES string of the molecule is CC1=CCCC2(C)C(CCC2(O)CSc2ncn[nH]2)c2ccc(cc2C(=O)c2ccc(-c3ccccc3)cc2)CC(O)CC1. The summed E-state index contributed by atoms with van der Waals surface area (Å²) in [4.78, 5) is 18.6. The molecule has 3 N–H and O–H groups in total. The number of nitrogens with one attached hydrogen (secondary N) is 1. The average molecular weight is 608 g/mol. The minimum absolute atomic E-state index is 0.0130. The van der Waals surface area contributed by atoms with Crippen LogP contribution < -0.4 is 0 Å². The maximum absolute atomic E-state index is 14.3. The van der Waals surface area contributed by atoms with Crippen LogP contribution in [-0.2, 0) is 6.42 Å². The summed E-state index contributed by atoms with van der Waals surface area (Å²) in [6, 6.07) is 24.2. The van der Waals surface area contributed by atoms with Gasteiger partial charge in [0.05, 0.1) is 11.7 Å². The number of aromatic nitrogens is 3. The number of allylic oxidation sites excluding steroid dienone is 2. The predicted molar refractivity (Wildman–Crippen MR) is 176 cm³/mol. The Hall–Kier alpha value is -3.52. The van der Waals surface area contributed by atoms with Gasteiger partial charge in [-0.25, -0.2) is 4.98 Å². The van der Waals surface area contributed by atoms with Crippen molar-refractivity contribution in [3.8, 4) is 11.1 Å². The highest BCUT2D eigenvalue weighted by Gasteiger charge is 2.56. The number of aromatic amines is 1. The van der Waals surface area contributed by atoms with E-state index < -0.39 is 17.1 Å². The van der Waals surface area contributed by atoms with Gasteiger partial charge in [-0.1, -0.05) is 97.1 Å². The number of fused-ring (bicyclic) bond motifs is 8. The quantitative estimate of drug-likeness (QED) is 0.119. The van der Waals surface area contributed by atoms with Gasteiger partial charge in [0.1, 0.15) is 6.33 Å². The molecule has 44 heavy (non-hydrogen) atoms. The molecule has 0 spiro atoms. The molecule has 7 heteroatoms. The summed E-state index contributed by atoms with van der Waals surface area (Å²) in [5.41, 5.74) is 5.26. The standard InChI is InChI=1S/C37H41N3O3S/c1-25-7-6-19-36(2)33(18-20-37(36,43)23-44-35-38-24-39-40-35)31-17-11-26(21-30(41)16-10-25)22-32(31)34(42)29-14-12-28(13-15-29)27-8-4-3-5-9-27/h3-5,7-9,11-15,17,22,24,30,33,41,43H,6,10,16,18-21,23H2,1-2H3,(H,38,39,40). The van der Waals surface area contributed by atoms with Gasteiger partial charge in [0.25, 0.3) is 0 Å². The van der Waals surface area contributed by atoms with Crippen LogP contribution in [0.4, 0.5) is 0 Å². The molecule has 0 aliphatic heterocycles. The number of aliphatic hydroxyl groups is 2. The van der Waals surface area contributed by atoms with Crippen LogP contribution in [0, 0.1) is 5.41 Å². The fourth-order valence-corrected chi connectivity index (χ4v) is 8.31. The fourth-order valence-electron chi connectivity index (χ4n) is 7.23. The zero-order valence-electron chi connectivity index (χ0n) is 25.5. The van der Waals surface area contributed by atoms with E-state index in [1.807, 2.05) is 48.5 Å². The van der Waals surface area contributed by atoms with Gasteiger partial charge < -0.3 is 10.2 Å². The molecule has 2 bridgehead atoms. The summed E-state index contributed by atoms with van der Waals surface area (Å²) >= 11 is 1.50. The lowest BCUT2D eigenvalue weighted by atomic mass is 9.65. The number of hydrogen-bond donors (Lipinski definition) is 3. The Kier molecular flexibility index (Phi) is 8.90. The van der Waals surface area contributed by atoms with E-state index in [2.05, 4.69) is 59.4 Å². The van der Waals surface area contributed by atoms with Crippen LogP contribution in [-0.4, -0.2) is 48.6 Å². The number of nitrogens with zero attached hydrogens (tertiary/aromatic N) is 2. The molecule has 1 saturated carbocycles. The summed E-state index contributed by atoms with van der Waals surface area (Å²) < 4.78 is 0. The smallest absolute Gasteiger partial charge is 0.193 e. The fraction of sp³-hybridized carbons (Fsp3) is 0.378. The molecular formula is C37H41N3O3S. The van der Waals surface area contributed by atoms with Gasteiger partial charge in [-0.15, -0.1) is 0 Å². The van der Waals surface area contributed by atoms with E-state index in [9.17, 15) is 15.0 Å². The number of aliphatic hydroxyl groups excluding tert-OH is 1. The zero-order chi connectivity index (χ0) is 30.7.